The molecule has 0 bridgehead atoms. The lowest BCUT2D eigenvalue weighted by Crippen LogP contribution is -2.39. The number of likely N-dealkylation sites (tertiary alicyclic amines) is 2. The lowest BCUT2D eigenvalue weighted by atomic mass is 9.96. The van der Waals surface area contributed by atoms with E-state index in [9.17, 15) is 14.4 Å². The van der Waals surface area contributed by atoms with Crippen LogP contribution in [0, 0.1) is 39.5 Å². The van der Waals surface area contributed by atoms with Gasteiger partial charge in [-0.15, -0.1) is 22.7 Å². The minimum absolute atomic E-state index is 0.0185. The fraction of sp³-hybridized carbons (Fsp3) is 0.656. The number of anilines is 2. The van der Waals surface area contributed by atoms with Crippen LogP contribution in [0.2, 0.25) is 0 Å². The fourth-order valence-electron chi connectivity index (χ4n) is 5.64. The monoisotopic (exact) mass is 634 g/mol. The average Bonchev–Trinajstić information content (AvgIpc) is 3.45. The van der Waals surface area contributed by atoms with Crippen molar-refractivity contribution in [2.24, 2.45) is 11.8 Å². The number of hydrogen-bond acceptors (Lipinski definition) is 10. The second kappa shape index (κ2) is 16.0. The summed E-state index contributed by atoms with van der Waals surface area (Å²) >= 11 is 2.92. The van der Waals surface area contributed by atoms with Gasteiger partial charge in [-0.3, -0.25) is 4.79 Å². The third kappa shape index (κ3) is 9.03. The first-order valence-corrected chi connectivity index (χ1v) is 16.8. The number of rotatable bonds is 8. The van der Waals surface area contributed by atoms with Crippen LogP contribution in [-0.4, -0.2) is 95.2 Å². The molecule has 1 amide bonds. The van der Waals surface area contributed by atoms with Gasteiger partial charge in [0.15, 0.2) is 0 Å². The van der Waals surface area contributed by atoms with E-state index in [0.717, 1.165) is 67.4 Å². The third-order valence-corrected chi connectivity index (χ3v) is 11.2. The van der Waals surface area contributed by atoms with Crippen molar-refractivity contribution in [1.82, 2.24) is 9.80 Å². The van der Waals surface area contributed by atoms with Gasteiger partial charge in [-0.25, -0.2) is 9.59 Å². The minimum atomic E-state index is -0.365. The molecule has 0 spiro atoms. The number of methoxy groups -OCH3 is 2. The zero-order valence-corrected chi connectivity index (χ0v) is 29.1. The van der Waals surface area contributed by atoms with E-state index in [1.807, 2.05) is 20.8 Å². The fourth-order valence-corrected chi connectivity index (χ4v) is 7.78. The maximum atomic E-state index is 12.3. The first kappa shape index (κ1) is 35.0. The Morgan fingerprint density at radius 3 is 1.77 bits per heavy atom. The summed E-state index contributed by atoms with van der Waals surface area (Å²) in [5.41, 5.74) is 3.88. The predicted molar refractivity (Wildman–Crippen MR) is 177 cm³/mol. The van der Waals surface area contributed by atoms with E-state index in [2.05, 4.69) is 36.1 Å². The Balaban J connectivity index is 0.000000238. The topological polar surface area (TPSA) is 91.4 Å². The van der Waals surface area contributed by atoms with Crippen LogP contribution < -0.4 is 10.2 Å². The quantitative estimate of drug-likeness (QED) is 0.367. The number of carbonyl (C=O) groups is 3. The molecular weight excluding hydrogens is 585 g/mol. The van der Waals surface area contributed by atoms with Crippen molar-refractivity contribution in [3.8, 4) is 0 Å². The number of amides is 1. The largest absolute Gasteiger partial charge is 0.465 e. The molecule has 0 radical (unpaired) electrons. The Morgan fingerprint density at radius 1 is 0.791 bits per heavy atom. The molecule has 0 aromatic carbocycles. The number of nitrogens with zero attached hydrogens (tertiary/aromatic N) is 3. The molecule has 0 saturated carbocycles. The molecule has 43 heavy (non-hydrogen) atoms. The molecule has 2 aliphatic rings. The van der Waals surface area contributed by atoms with Crippen LogP contribution in [0.25, 0.3) is 0 Å². The van der Waals surface area contributed by atoms with Crippen molar-refractivity contribution in [3.05, 3.63) is 30.6 Å². The molecule has 0 unspecified atom stereocenters. The summed E-state index contributed by atoms with van der Waals surface area (Å²) in [4.78, 5) is 46.1. The molecule has 0 atom stereocenters. The molecule has 2 aromatic rings. The van der Waals surface area contributed by atoms with Gasteiger partial charge in [0.25, 0.3) is 0 Å². The van der Waals surface area contributed by atoms with Crippen LogP contribution in [0.1, 0.15) is 72.8 Å². The van der Waals surface area contributed by atoms with Gasteiger partial charge in [0.1, 0.15) is 9.75 Å². The maximum absolute atomic E-state index is 12.3. The van der Waals surface area contributed by atoms with Crippen LogP contribution in [0.5, 0.6) is 0 Å². The van der Waals surface area contributed by atoms with Crippen LogP contribution >= 0.6 is 22.7 Å². The highest BCUT2D eigenvalue weighted by Gasteiger charge is 2.29. The zero-order valence-electron chi connectivity index (χ0n) is 27.4. The second-order valence-electron chi connectivity index (χ2n) is 11.9. The van der Waals surface area contributed by atoms with Crippen molar-refractivity contribution in [2.75, 3.05) is 77.8 Å². The summed E-state index contributed by atoms with van der Waals surface area (Å²) in [6, 6.07) is 0. The Labute approximate surface area is 265 Å². The number of aryl methyl sites for hydroxylation is 2. The highest BCUT2D eigenvalue weighted by Crippen LogP contribution is 2.37. The number of thiophene rings is 2. The van der Waals surface area contributed by atoms with Gasteiger partial charge in [-0.2, -0.15) is 0 Å². The predicted octanol–water partition coefficient (Wildman–Crippen LogP) is 5.75. The maximum Gasteiger partial charge on any atom is 0.350 e. The van der Waals surface area contributed by atoms with Gasteiger partial charge < -0.3 is 29.5 Å². The average molecular weight is 635 g/mol. The number of carbonyl (C=O) groups excluding carboxylic acids is 3. The van der Waals surface area contributed by atoms with Gasteiger partial charge in [-0.1, -0.05) is 0 Å². The molecule has 2 fully saturated rings. The third-order valence-electron chi connectivity index (χ3n) is 8.82. The van der Waals surface area contributed by atoms with Gasteiger partial charge in [0.2, 0.25) is 5.91 Å². The summed E-state index contributed by atoms with van der Waals surface area (Å²) in [7, 11) is 7.12. The molecule has 1 N–H and O–H groups in total. The molecule has 0 aliphatic carbocycles. The van der Waals surface area contributed by atoms with E-state index < -0.39 is 0 Å². The van der Waals surface area contributed by atoms with E-state index >= 15 is 0 Å². The Hall–Kier alpha value is -2.47. The van der Waals surface area contributed by atoms with Crippen LogP contribution in [0.3, 0.4) is 0 Å². The number of nitrogens with one attached hydrogen (secondary N) is 1. The van der Waals surface area contributed by atoms with Gasteiger partial charge in [0.05, 0.1) is 25.6 Å². The SMILES string of the molecule is COC(=O)c1sc(C)c(C)c1N(CC1CCN(C)CC1)C(C)=O.COC(=O)c1sc(C)c(C)c1NCC1CCN(C)CC1. The summed E-state index contributed by atoms with van der Waals surface area (Å²) in [6.45, 7) is 15.7. The molecule has 2 aromatic heterocycles. The zero-order chi connectivity index (χ0) is 31.8. The van der Waals surface area contributed by atoms with Crippen LogP contribution in [-0.2, 0) is 14.3 Å². The first-order chi connectivity index (χ1) is 20.4. The molecule has 2 aliphatic heterocycles. The highest BCUT2D eigenvalue weighted by atomic mass is 32.1. The molecule has 2 saturated heterocycles. The normalized spacial score (nSPS) is 16.8. The number of hydrogen-bond donors (Lipinski definition) is 1. The summed E-state index contributed by atoms with van der Waals surface area (Å²) in [6.07, 6.45) is 4.60. The summed E-state index contributed by atoms with van der Waals surface area (Å²) < 4.78 is 9.78. The Kier molecular flexibility index (Phi) is 13.0. The summed E-state index contributed by atoms with van der Waals surface area (Å²) in [5, 5.41) is 3.49. The van der Waals surface area contributed by atoms with Crippen molar-refractivity contribution in [2.45, 2.75) is 60.3 Å². The van der Waals surface area contributed by atoms with E-state index in [-0.39, 0.29) is 17.8 Å². The van der Waals surface area contributed by atoms with Crippen LogP contribution in [0.15, 0.2) is 0 Å². The van der Waals surface area contributed by atoms with E-state index in [4.69, 9.17) is 9.47 Å². The standard InChI is InChI=1S/C17H26N2O3S.C15H24N2O2S/c1-11-12(2)23-16(17(21)22-5)15(11)19(13(3)20)10-14-6-8-18(4)9-7-14;1-10-11(2)20-14(15(18)19-4)13(10)16-9-12-5-7-17(3)8-6-12/h14H,6-10H2,1-5H3;12,16H,5-9H2,1-4H3. The van der Waals surface area contributed by atoms with E-state index in [1.54, 1.807) is 11.8 Å². The lowest BCUT2D eigenvalue weighted by molar-refractivity contribution is -0.116. The van der Waals surface area contributed by atoms with Crippen molar-refractivity contribution >= 4 is 51.9 Å². The molecule has 9 nitrogen and oxygen atoms in total. The summed E-state index contributed by atoms with van der Waals surface area (Å²) in [5.74, 6) is 0.541. The molecule has 4 rings (SSSR count). The second-order valence-corrected chi connectivity index (χ2v) is 14.4. The number of esters is 2. The van der Waals surface area contributed by atoms with E-state index in [0.29, 0.717) is 28.1 Å². The smallest absolute Gasteiger partial charge is 0.350 e. The molecule has 240 valence electrons. The Morgan fingerprint density at radius 2 is 1.26 bits per heavy atom. The van der Waals surface area contributed by atoms with E-state index in [1.165, 1.54) is 60.2 Å². The Bertz CT molecular complexity index is 1260. The molecular formula is C32H50N4O5S2. The number of ether oxygens (including phenoxy) is 2. The highest BCUT2D eigenvalue weighted by molar-refractivity contribution is 7.15. The van der Waals surface area contributed by atoms with Gasteiger partial charge in [0, 0.05) is 29.8 Å². The van der Waals surface area contributed by atoms with Gasteiger partial charge in [-0.05, 0) is 117 Å². The molecule has 4 heterocycles. The number of piperidine rings is 2. The lowest BCUT2D eigenvalue weighted by Gasteiger charge is -2.33. The van der Waals surface area contributed by atoms with Gasteiger partial charge >= 0.3 is 11.9 Å². The van der Waals surface area contributed by atoms with Crippen LogP contribution in [0.4, 0.5) is 11.4 Å². The minimum Gasteiger partial charge on any atom is -0.465 e. The van der Waals surface area contributed by atoms with Crippen molar-refractivity contribution < 1.29 is 23.9 Å². The van der Waals surface area contributed by atoms with Crippen molar-refractivity contribution in [1.29, 1.82) is 0 Å². The first-order valence-electron chi connectivity index (χ1n) is 15.1. The van der Waals surface area contributed by atoms with Crippen molar-refractivity contribution in [3.63, 3.8) is 0 Å². The molecule has 11 heteroatoms.